The molecule has 1 rings (SSSR count). The summed E-state index contributed by atoms with van der Waals surface area (Å²) in [5, 5.41) is 20.5. The Morgan fingerprint density at radius 1 is 1.47 bits per heavy atom. The fourth-order valence-electron chi connectivity index (χ4n) is 0.896. The van der Waals surface area contributed by atoms with Crippen LogP contribution in [-0.4, -0.2) is 11.1 Å². The Morgan fingerprint density at radius 3 is 2.33 bits per heavy atom. The molecule has 0 aliphatic rings. The number of aromatic carboxylic acids is 1. The second-order valence-electron chi connectivity index (χ2n) is 3.01. The minimum Gasteiger partial charge on any atom is -0.545 e. The minimum atomic E-state index is -1.36. The van der Waals surface area contributed by atoms with E-state index in [4.69, 9.17) is 5.11 Å². The number of carboxylic acids is 1. The SMILES string of the molecule is CCC[CH2][Zn+].O=C([O-])c1ccccc1O. The number of aromatic hydroxyl groups is 1. The summed E-state index contributed by atoms with van der Waals surface area (Å²) >= 11 is 1.48. The molecule has 0 fully saturated rings. The number of carbonyl (C=O) groups is 1. The molecule has 0 bridgehead atoms. The number of para-hydroxylation sites is 1. The van der Waals surface area contributed by atoms with Crippen molar-refractivity contribution in [1.29, 1.82) is 0 Å². The first-order valence-corrected chi connectivity index (χ1v) is 7.01. The molecule has 1 aromatic carbocycles. The van der Waals surface area contributed by atoms with E-state index in [0.717, 1.165) is 0 Å². The summed E-state index contributed by atoms with van der Waals surface area (Å²) in [6, 6.07) is 5.64. The monoisotopic (exact) mass is 258 g/mol. The number of phenols is 1. The van der Waals surface area contributed by atoms with Gasteiger partial charge in [0.05, 0.1) is 5.97 Å². The van der Waals surface area contributed by atoms with Gasteiger partial charge in [0.1, 0.15) is 5.75 Å². The van der Waals surface area contributed by atoms with Gasteiger partial charge in [0.2, 0.25) is 0 Å². The first kappa shape index (κ1) is 14.1. The fraction of sp³-hybridized carbons (Fsp3) is 0.364. The van der Waals surface area contributed by atoms with Crippen LogP contribution in [0.1, 0.15) is 30.1 Å². The fourth-order valence-corrected chi connectivity index (χ4v) is 1.95. The molecule has 0 aliphatic carbocycles. The van der Waals surface area contributed by atoms with Crippen molar-refractivity contribution in [2.24, 2.45) is 0 Å². The molecule has 0 aromatic heterocycles. The Labute approximate surface area is 99.8 Å². The Kier molecular flexibility index (Phi) is 7.93. The van der Waals surface area contributed by atoms with E-state index in [-0.39, 0.29) is 11.3 Å². The molecular weight excluding hydrogens is 246 g/mol. The zero-order chi connectivity index (χ0) is 11.7. The summed E-state index contributed by atoms with van der Waals surface area (Å²) in [7, 11) is 0. The van der Waals surface area contributed by atoms with E-state index in [2.05, 4.69) is 6.92 Å². The second-order valence-corrected chi connectivity index (χ2v) is 4.50. The number of rotatable bonds is 3. The van der Waals surface area contributed by atoms with Crippen LogP contribution in [0, 0.1) is 0 Å². The maximum Gasteiger partial charge on any atom is 0.124 e. The predicted octanol–water partition coefficient (Wildman–Crippen LogP) is 1.51. The number of benzene rings is 1. The van der Waals surface area contributed by atoms with E-state index in [1.807, 2.05) is 0 Å². The minimum absolute atomic E-state index is 0.178. The van der Waals surface area contributed by atoms with Crippen molar-refractivity contribution >= 4 is 5.97 Å². The van der Waals surface area contributed by atoms with Gasteiger partial charge >= 0.3 is 43.1 Å². The van der Waals surface area contributed by atoms with Crippen LogP contribution in [-0.2, 0) is 18.3 Å². The molecule has 78 valence electrons. The van der Waals surface area contributed by atoms with E-state index in [1.54, 1.807) is 6.07 Å². The van der Waals surface area contributed by atoms with Gasteiger partial charge in [0.15, 0.2) is 0 Å². The molecule has 1 N–H and O–H groups in total. The van der Waals surface area contributed by atoms with Crippen molar-refractivity contribution < 1.29 is 33.3 Å². The molecule has 15 heavy (non-hydrogen) atoms. The van der Waals surface area contributed by atoms with Gasteiger partial charge in [-0.25, -0.2) is 0 Å². The van der Waals surface area contributed by atoms with Gasteiger partial charge in [-0.3, -0.25) is 0 Å². The van der Waals surface area contributed by atoms with E-state index >= 15 is 0 Å². The van der Waals surface area contributed by atoms with Gasteiger partial charge in [-0.2, -0.15) is 0 Å². The Morgan fingerprint density at radius 2 is 2.07 bits per heavy atom. The van der Waals surface area contributed by atoms with Gasteiger partial charge in [0, 0.05) is 5.56 Å². The van der Waals surface area contributed by atoms with E-state index in [0.29, 0.717) is 0 Å². The third-order valence-corrected chi connectivity index (χ3v) is 2.78. The van der Waals surface area contributed by atoms with Crippen molar-refractivity contribution in [3.63, 3.8) is 0 Å². The summed E-state index contributed by atoms with van der Waals surface area (Å²) < 4.78 is 0. The van der Waals surface area contributed by atoms with Gasteiger partial charge in [-0.15, -0.1) is 0 Å². The zero-order valence-corrected chi connectivity index (χ0v) is 11.9. The van der Waals surface area contributed by atoms with Crippen LogP contribution in [0.25, 0.3) is 0 Å². The van der Waals surface area contributed by atoms with Crippen LogP contribution >= 0.6 is 0 Å². The van der Waals surface area contributed by atoms with Gasteiger partial charge in [-0.05, 0) is 12.1 Å². The summed E-state index contributed by atoms with van der Waals surface area (Å²) in [6.45, 7) is 2.23. The van der Waals surface area contributed by atoms with Crippen LogP contribution in [0.4, 0.5) is 0 Å². The van der Waals surface area contributed by atoms with E-state index in [9.17, 15) is 9.90 Å². The maximum atomic E-state index is 10.2. The van der Waals surface area contributed by atoms with Crippen molar-refractivity contribution in [2.75, 3.05) is 0 Å². The van der Waals surface area contributed by atoms with Gasteiger partial charge in [-0.1, -0.05) is 12.1 Å². The molecule has 0 radical (unpaired) electrons. The molecule has 0 spiro atoms. The smallest absolute Gasteiger partial charge is 0.124 e. The third-order valence-electron chi connectivity index (χ3n) is 1.73. The summed E-state index contributed by atoms with van der Waals surface area (Å²) in [4.78, 5) is 10.2. The Bertz CT molecular complexity index is 298. The number of unbranched alkanes of at least 4 members (excludes halogenated alkanes) is 1. The van der Waals surface area contributed by atoms with Crippen molar-refractivity contribution in [3.05, 3.63) is 29.8 Å². The molecule has 0 atom stereocenters. The normalized spacial score (nSPS) is 9.00. The number of carbonyl (C=O) groups excluding carboxylic acids is 1. The van der Waals surface area contributed by atoms with E-state index < -0.39 is 5.97 Å². The average molecular weight is 260 g/mol. The van der Waals surface area contributed by atoms with Crippen molar-refractivity contribution in [3.8, 4) is 5.75 Å². The van der Waals surface area contributed by atoms with Gasteiger partial charge in [0.25, 0.3) is 0 Å². The van der Waals surface area contributed by atoms with Crippen LogP contribution in [0.5, 0.6) is 5.75 Å². The molecule has 0 aliphatic heterocycles. The maximum absolute atomic E-state index is 10.2. The zero-order valence-electron chi connectivity index (χ0n) is 8.90. The van der Waals surface area contributed by atoms with Crippen molar-refractivity contribution in [2.45, 2.75) is 24.8 Å². The molecule has 0 saturated heterocycles. The quantitative estimate of drug-likeness (QED) is 0.837. The second kappa shape index (κ2) is 8.42. The molecular formula is C11H14O3Zn. The number of hydrogen-bond donors (Lipinski definition) is 1. The molecule has 0 saturated carbocycles. The predicted molar refractivity (Wildman–Crippen MR) is 52.2 cm³/mol. The summed E-state index contributed by atoms with van der Waals surface area (Å²) in [5.74, 6) is -1.62. The molecule has 4 heteroatoms. The molecule has 1 aromatic rings. The third kappa shape index (κ3) is 6.24. The molecule has 0 unspecified atom stereocenters. The van der Waals surface area contributed by atoms with Crippen molar-refractivity contribution in [1.82, 2.24) is 0 Å². The standard InChI is InChI=1S/C7H6O3.C4H9.Zn/c8-6-4-2-1-3-5(6)7(9)10;1-3-4-2;/h1-4,8H,(H,9,10);1,3-4H2,2H3;/q;;+1/p-1. The van der Waals surface area contributed by atoms with Crippen LogP contribution in [0.3, 0.4) is 0 Å². The van der Waals surface area contributed by atoms with Crippen LogP contribution in [0.15, 0.2) is 24.3 Å². The first-order valence-electron chi connectivity index (χ1n) is 4.92. The number of carboxylic acid groups (broad SMARTS) is 1. The van der Waals surface area contributed by atoms with E-state index in [1.165, 1.54) is 54.4 Å². The number of hydrogen-bond acceptors (Lipinski definition) is 3. The molecule has 3 nitrogen and oxygen atoms in total. The van der Waals surface area contributed by atoms with Gasteiger partial charge < -0.3 is 15.0 Å². The Hall–Kier alpha value is -0.887. The largest absolute Gasteiger partial charge is 0.545 e. The molecule has 0 amide bonds. The summed E-state index contributed by atoms with van der Waals surface area (Å²) in [6.07, 6.45) is 2.82. The molecule has 0 heterocycles. The average Bonchev–Trinajstić information content (AvgIpc) is 2.20. The summed E-state index contributed by atoms with van der Waals surface area (Å²) in [5.41, 5.74) is -0.178. The van der Waals surface area contributed by atoms with Crippen LogP contribution in [0.2, 0.25) is 5.02 Å². The first-order chi connectivity index (χ1) is 7.13. The Balaban J connectivity index is 0.000000336. The topological polar surface area (TPSA) is 60.4 Å². The van der Waals surface area contributed by atoms with Crippen LogP contribution < -0.4 is 5.11 Å².